The Bertz CT molecular complexity index is 208. The molecule has 0 heterocycles. The van der Waals surface area contributed by atoms with Crippen molar-refractivity contribution in [2.24, 2.45) is 0 Å². The van der Waals surface area contributed by atoms with E-state index < -0.39 is 18.0 Å². The monoisotopic (exact) mass is 223 g/mol. The van der Waals surface area contributed by atoms with Gasteiger partial charge < -0.3 is 15.5 Å². The van der Waals surface area contributed by atoms with E-state index in [1.54, 1.807) is 0 Å². The fourth-order valence-electron chi connectivity index (χ4n) is 0.806. The van der Waals surface area contributed by atoms with Crippen molar-refractivity contribution in [1.82, 2.24) is 5.32 Å². The summed E-state index contributed by atoms with van der Waals surface area (Å²) in [5.74, 6) is -2.03. The minimum atomic E-state index is -1.04. The number of halogens is 1. The van der Waals surface area contributed by atoms with Gasteiger partial charge in [-0.25, -0.2) is 0 Å². The van der Waals surface area contributed by atoms with Gasteiger partial charge in [-0.15, -0.1) is 19.0 Å². The predicted octanol–water partition coefficient (Wildman–Crippen LogP) is 0.502. The molecule has 0 aromatic carbocycles. The van der Waals surface area contributed by atoms with Crippen molar-refractivity contribution in [1.29, 1.82) is 0 Å². The summed E-state index contributed by atoms with van der Waals surface area (Å²) < 4.78 is 0. The zero-order valence-corrected chi connectivity index (χ0v) is 8.42. The quantitative estimate of drug-likeness (QED) is 0.548. The molecule has 0 aliphatic rings. The van der Waals surface area contributed by atoms with E-state index in [2.05, 4.69) is 11.9 Å². The van der Waals surface area contributed by atoms with Crippen LogP contribution in [0, 0.1) is 0 Å². The van der Waals surface area contributed by atoms with Gasteiger partial charge in [-0.3, -0.25) is 9.59 Å². The van der Waals surface area contributed by atoms with E-state index in [4.69, 9.17) is 10.2 Å². The van der Waals surface area contributed by atoms with Gasteiger partial charge in [0, 0.05) is 13.0 Å². The number of rotatable bonds is 7. The molecule has 0 saturated heterocycles. The Morgan fingerprint density at radius 2 is 2.00 bits per heavy atom. The van der Waals surface area contributed by atoms with Crippen LogP contribution in [0.5, 0.6) is 0 Å². The molecule has 0 aliphatic heterocycles. The van der Waals surface area contributed by atoms with Crippen LogP contribution < -0.4 is 5.32 Å². The molecule has 82 valence electrons. The lowest BCUT2D eigenvalue weighted by Gasteiger charge is -2.10. The molecule has 3 N–H and O–H groups in total. The van der Waals surface area contributed by atoms with Crippen LogP contribution in [0.3, 0.4) is 0 Å². The van der Waals surface area contributed by atoms with Crippen molar-refractivity contribution in [3.63, 3.8) is 0 Å². The van der Waals surface area contributed by atoms with Crippen LogP contribution in [0.1, 0.15) is 12.8 Å². The Balaban J connectivity index is 0. The third-order valence-corrected chi connectivity index (χ3v) is 1.45. The number of aliphatic carboxylic acids is 2. The maximum atomic E-state index is 10.5. The lowest BCUT2D eigenvalue weighted by molar-refractivity contribution is -0.140. The summed E-state index contributed by atoms with van der Waals surface area (Å²) in [6.45, 7) is 3.77. The zero-order chi connectivity index (χ0) is 10.3. The van der Waals surface area contributed by atoms with Crippen LogP contribution in [0.4, 0.5) is 0 Å². The summed E-state index contributed by atoms with van der Waals surface area (Å²) in [5, 5.41) is 19.6. The van der Waals surface area contributed by atoms with Crippen LogP contribution in [-0.4, -0.2) is 34.7 Å². The standard InChI is InChI=1S/C8H13NO4.ClH/c1-2-5-9-6(8(12)13)3-4-7(10)11;/h2,6,9H,1,3-5H2,(H,10,11)(H,12,13);1H. The van der Waals surface area contributed by atoms with E-state index in [-0.39, 0.29) is 25.2 Å². The molecule has 1 unspecified atom stereocenters. The molecular formula is C8H14ClNO4. The molecule has 1 atom stereocenters. The van der Waals surface area contributed by atoms with Crippen molar-refractivity contribution >= 4 is 24.3 Å². The average molecular weight is 224 g/mol. The normalized spacial score (nSPS) is 11.1. The maximum Gasteiger partial charge on any atom is 0.320 e. The number of hydrogen-bond donors (Lipinski definition) is 3. The minimum Gasteiger partial charge on any atom is -0.481 e. The second-order valence-electron chi connectivity index (χ2n) is 2.52. The van der Waals surface area contributed by atoms with Crippen molar-refractivity contribution < 1.29 is 19.8 Å². The fraction of sp³-hybridized carbons (Fsp3) is 0.500. The third kappa shape index (κ3) is 7.57. The Morgan fingerprint density at radius 1 is 1.43 bits per heavy atom. The van der Waals surface area contributed by atoms with Gasteiger partial charge in [0.1, 0.15) is 6.04 Å². The van der Waals surface area contributed by atoms with Gasteiger partial charge in [-0.2, -0.15) is 0 Å². The summed E-state index contributed by atoms with van der Waals surface area (Å²) in [6, 6.07) is -0.811. The Hall–Kier alpha value is -1.07. The molecule has 14 heavy (non-hydrogen) atoms. The van der Waals surface area contributed by atoms with Gasteiger partial charge in [0.25, 0.3) is 0 Å². The Kier molecular flexibility index (Phi) is 9.38. The van der Waals surface area contributed by atoms with Gasteiger partial charge in [0.05, 0.1) is 0 Å². The lowest BCUT2D eigenvalue weighted by Crippen LogP contribution is -2.37. The first kappa shape index (κ1) is 15.4. The van der Waals surface area contributed by atoms with E-state index >= 15 is 0 Å². The first-order chi connectivity index (χ1) is 6.07. The van der Waals surface area contributed by atoms with Gasteiger partial charge >= 0.3 is 11.9 Å². The second kappa shape index (κ2) is 8.52. The molecule has 0 bridgehead atoms. The van der Waals surface area contributed by atoms with Gasteiger partial charge in [-0.1, -0.05) is 6.08 Å². The molecule has 0 rings (SSSR count). The van der Waals surface area contributed by atoms with E-state index in [1.165, 1.54) is 6.08 Å². The lowest BCUT2D eigenvalue weighted by atomic mass is 10.1. The van der Waals surface area contributed by atoms with E-state index in [0.717, 1.165) is 0 Å². The van der Waals surface area contributed by atoms with Crippen LogP contribution in [0.15, 0.2) is 12.7 Å². The smallest absolute Gasteiger partial charge is 0.320 e. The molecule has 0 radical (unpaired) electrons. The fourth-order valence-corrected chi connectivity index (χ4v) is 0.806. The number of carbonyl (C=O) groups is 2. The van der Waals surface area contributed by atoms with Crippen molar-refractivity contribution in [2.75, 3.05) is 6.54 Å². The highest BCUT2D eigenvalue weighted by atomic mass is 35.5. The SMILES string of the molecule is C=CCNC(CCC(=O)O)C(=O)O.Cl. The summed E-state index contributed by atoms with van der Waals surface area (Å²) >= 11 is 0. The minimum absolute atomic E-state index is 0. The summed E-state index contributed by atoms with van der Waals surface area (Å²) in [6.07, 6.45) is 1.45. The van der Waals surface area contributed by atoms with Crippen LogP contribution in [-0.2, 0) is 9.59 Å². The van der Waals surface area contributed by atoms with E-state index in [1.807, 2.05) is 0 Å². The van der Waals surface area contributed by atoms with Crippen LogP contribution in [0.25, 0.3) is 0 Å². The summed E-state index contributed by atoms with van der Waals surface area (Å²) in [7, 11) is 0. The molecular weight excluding hydrogens is 210 g/mol. The number of nitrogens with one attached hydrogen (secondary N) is 1. The molecule has 0 saturated carbocycles. The molecule has 0 aromatic rings. The Labute approximate surface area is 88.2 Å². The zero-order valence-electron chi connectivity index (χ0n) is 7.60. The van der Waals surface area contributed by atoms with Crippen molar-refractivity contribution in [3.8, 4) is 0 Å². The highest BCUT2D eigenvalue weighted by Crippen LogP contribution is 1.97. The second-order valence-corrected chi connectivity index (χ2v) is 2.52. The molecule has 0 aromatic heterocycles. The molecule has 6 heteroatoms. The predicted molar refractivity (Wildman–Crippen MR) is 53.7 cm³/mol. The van der Waals surface area contributed by atoms with E-state index in [0.29, 0.717) is 6.54 Å². The Morgan fingerprint density at radius 3 is 2.36 bits per heavy atom. The molecule has 0 amide bonds. The third-order valence-electron chi connectivity index (χ3n) is 1.45. The molecule has 5 nitrogen and oxygen atoms in total. The number of carboxylic acid groups (broad SMARTS) is 2. The number of carboxylic acids is 2. The molecule has 0 spiro atoms. The average Bonchev–Trinajstić information content (AvgIpc) is 2.03. The first-order valence-electron chi connectivity index (χ1n) is 3.86. The highest BCUT2D eigenvalue weighted by molar-refractivity contribution is 5.85. The maximum absolute atomic E-state index is 10.5. The highest BCUT2D eigenvalue weighted by Gasteiger charge is 2.16. The van der Waals surface area contributed by atoms with Gasteiger partial charge in [-0.05, 0) is 6.42 Å². The van der Waals surface area contributed by atoms with Gasteiger partial charge in [0.2, 0.25) is 0 Å². The first-order valence-corrected chi connectivity index (χ1v) is 3.86. The molecule has 0 fully saturated rings. The number of hydrogen-bond acceptors (Lipinski definition) is 3. The molecule has 0 aliphatic carbocycles. The van der Waals surface area contributed by atoms with Gasteiger partial charge in [0.15, 0.2) is 0 Å². The van der Waals surface area contributed by atoms with Crippen LogP contribution >= 0.6 is 12.4 Å². The summed E-state index contributed by atoms with van der Waals surface area (Å²) in [4.78, 5) is 20.7. The van der Waals surface area contributed by atoms with Crippen molar-refractivity contribution in [2.45, 2.75) is 18.9 Å². The summed E-state index contributed by atoms with van der Waals surface area (Å²) in [5.41, 5.74) is 0. The van der Waals surface area contributed by atoms with Crippen LogP contribution in [0.2, 0.25) is 0 Å². The largest absolute Gasteiger partial charge is 0.481 e. The topological polar surface area (TPSA) is 86.6 Å². The van der Waals surface area contributed by atoms with Crippen molar-refractivity contribution in [3.05, 3.63) is 12.7 Å². The van der Waals surface area contributed by atoms with E-state index in [9.17, 15) is 9.59 Å².